The first kappa shape index (κ1) is 15.0. The summed E-state index contributed by atoms with van der Waals surface area (Å²) < 4.78 is 5.30. The van der Waals surface area contributed by atoms with Crippen LogP contribution in [0.3, 0.4) is 0 Å². The SMILES string of the molecule is CCNC(C)C(=O)c1c(OC)cc(C)c(Cl)c1C. The van der Waals surface area contributed by atoms with E-state index in [9.17, 15) is 4.79 Å². The highest BCUT2D eigenvalue weighted by Crippen LogP contribution is 2.32. The summed E-state index contributed by atoms with van der Waals surface area (Å²) in [6.07, 6.45) is 0. The minimum absolute atomic E-state index is 0.00750. The largest absolute Gasteiger partial charge is 0.496 e. The molecule has 0 aromatic heterocycles. The van der Waals surface area contributed by atoms with E-state index < -0.39 is 0 Å². The number of methoxy groups -OCH3 is 1. The van der Waals surface area contributed by atoms with E-state index in [0.717, 1.165) is 17.7 Å². The molecule has 100 valence electrons. The van der Waals surface area contributed by atoms with Crippen molar-refractivity contribution in [3.63, 3.8) is 0 Å². The van der Waals surface area contributed by atoms with Crippen LogP contribution in [0.4, 0.5) is 0 Å². The number of halogens is 1. The van der Waals surface area contributed by atoms with Crippen LogP contribution in [-0.4, -0.2) is 25.5 Å². The van der Waals surface area contributed by atoms with Crippen LogP contribution in [0.15, 0.2) is 6.07 Å². The summed E-state index contributed by atoms with van der Waals surface area (Å²) in [5, 5.41) is 3.74. The highest BCUT2D eigenvalue weighted by Gasteiger charge is 2.23. The van der Waals surface area contributed by atoms with Gasteiger partial charge in [0.05, 0.1) is 18.7 Å². The molecule has 0 saturated heterocycles. The number of carbonyl (C=O) groups is 1. The molecule has 0 aliphatic carbocycles. The lowest BCUT2D eigenvalue weighted by Gasteiger charge is -2.17. The lowest BCUT2D eigenvalue weighted by Crippen LogP contribution is -2.34. The van der Waals surface area contributed by atoms with Crippen molar-refractivity contribution in [3.05, 3.63) is 27.8 Å². The van der Waals surface area contributed by atoms with Gasteiger partial charge in [-0.05, 0) is 44.5 Å². The Morgan fingerprint density at radius 3 is 2.61 bits per heavy atom. The van der Waals surface area contributed by atoms with Crippen LogP contribution in [-0.2, 0) is 0 Å². The molecule has 1 aromatic rings. The van der Waals surface area contributed by atoms with Crippen LogP contribution in [0.5, 0.6) is 5.75 Å². The zero-order valence-corrected chi connectivity index (χ0v) is 12.3. The second kappa shape index (κ2) is 6.21. The monoisotopic (exact) mass is 269 g/mol. The van der Waals surface area contributed by atoms with Crippen LogP contribution < -0.4 is 10.1 Å². The molecule has 1 N–H and O–H groups in total. The van der Waals surface area contributed by atoms with E-state index in [1.54, 1.807) is 13.2 Å². The third kappa shape index (κ3) is 2.85. The average molecular weight is 270 g/mol. The fraction of sp³-hybridized carbons (Fsp3) is 0.500. The smallest absolute Gasteiger partial charge is 0.183 e. The maximum absolute atomic E-state index is 12.4. The molecule has 1 aromatic carbocycles. The Balaban J connectivity index is 3.30. The number of rotatable bonds is 5. The number of hydrogen-bond donors (Lipinski definition) is 1. The Bertz CT molecular complexity index is 458. The van der Waals surface area contributed by atoms with E-state index in [1.165, 1.54) is 0 Å². The van der Waals surface area contributed by atoms with Crippen molar-refractivity contribution in [2.75, 3.05) is 13.7 Å². The van der Waals surface area contributed by atoms with Crippen molar-refractivity contribution >= 4 is 17.4 Å². The molecule has 0 aliphatic rings. The minimum Gasteiger partial charge on any atom is -0.496 e. The van der Waals surface area contributed by atoms with Gasteiger partial charge in [0, 0.05) is 5.02 Å². The predicted molar refractivity (Wildman–Crippen MR) is 74.9 cm³/mol. The second-order valence-corrected chi connectivity index (χ2v) is 4.73. The number of Topliss-reactive ketones (excluding diaryl/α,β-unsaturated/α-hetero) is 1. The molecule has 3 nitrogen and oxygen atoms in total. The highest BCUT2D eigenvalue weighted by molar-refractivity contribution is 6.32. The molecule has 0 heterocycles. The third-order valence-electron chi connectivity index (χ3n) is 3.01. The number of aryl methyl sites for hydroxylation is 1. The van der Waals surface area contributed by atoms with Crippen LogP contribution in [0.1, 0.15) is 35.3 Å². The first-order chi connectivity index (χ1) is 8.43. The second-order valence-electron chi connectivity index (χ2n) is 4.35. The molecule has 0 spiro atoms. The Hall–Kier alpha value is -1.06. The van der Waals surface area contributed by atoms with Gasteiger partial charge in [-0.1, -0.05) is 18.5 Å². The molecule has 0 bridgehead atoms. The fourth-order valence-corrected chi connectivity index (χ4v) is 2.15. The Labute approximate surface area is 113 Å². The van der Waals surface area contributed by atoms with E-state index in [1.807, 2.05) is 27.7 Å². The van der Waals surface area contributed by atoms with Gasteiger partial charge in [0.25, 0.3) is 0 Å². The Morgan fingerprint density at radius 2 is 2.11 bits per heavy atom. The summed E-state index contributed by atoms with van der Waals surface area (Å²) in [6, 6.07) is 1.56. The molecule has 1 atom stereocenters. The molecule has 18 heavy (non-hydrogen) atoms. The lowest BCUT2D eigenvalue weighted by molar-refractivity contribution is 0.0948. The third-order valence-corrected chi connectivity index (χ3v) is 3.60. The quantitative estimate of drug-likeness (QED) is 0.835. The van der Waals surface area contributed by atoms with Gasteiger partial charge in [0.15, 0.2) is 5.78 Å². The van der Waals surface area contributed by atoms with Gasteiger partial charge in [0.2, 0.25) is 0 Å². The minimum atomic E-state index is -0.249. The molecule has 0 radical (unpaired) electrons. The summed E-state index contributed by atoms with van der Waals surface area (Å²) in [7, 11) is 1.57. The molecule has 0 fully saturated rings. The van der Waals surface area contributed by atoms with Crippen LogP contribution in [0.2, 0.25) is 5.02 Å². The van der Waals surface area contributed by atoms with Gasteiger partial charge in [-0.2, -0.15) is 0 Å². The first-order valence-corrected chi connectivity index (χ1v) is 6.43. The number of ketones is 1. The molecule has 1 rings (SSSR count). The Morgan fingerprint density at radius 1 is 1.50 bits per heavy atom. The van der Waals surface area contributed by atoms with E-state index in [4.69, 9.17) is 16.3 Å². The zero-order chi connectivity index (χ0) is 13.9. The van der Waals surface area contributed by atoms with Gasteiger partial charge in [-0.3, -0.25) is 4.79 Å². The number of benzene rings is 1. The van der Waals surface area contributed by atoms with E-state index in [-0.39, 0.29) is 11.8 Å². The predicted octanol–water partition coefficient (Wildman–Crippen LogP) is 3.15. The topological polar surface area (TPSA) is 38.3 Å². The van der Waals surface area contributed by atoms with Crippen molar-refractivity contribution < 1.29 is 9.53 Å². The van der Waals surface area contributed by atoms with Crippen LogP contribution >= 0.6 is 11.6 Å². The van der Waals surface area contributed by atoms with Crippen molar-refractivity contribution in [1.29, 1.82) is 0 Å². The maximum Gasteiger partial charge on any atom is 0.183 e. The number of hydrogen-bond acceptors (Lipinski definition) is 3. The summed E-state index contributed by atoms with van der Waals surface area (Å²) in [5.41, 5.74) is 2.27. The van der Waals surface area contributed by atoms with Crippen molar-refractivity contribution in [3.8, 4) is 5.75 Å². The molecular formula is C14H20ClNO2. The zero-order valence-electron chi connectivity index (χ0n) is 11.6. The molecule has 4 heteroatoms. The van der Waals surface area contributed by atoms with Crippen LogP contribution in [0, 0.1) is 13.8 Å². The van der Waals surface area contributed by atoms with Crippen molar-refractivity contribution in [2.24, 2.45) is 0 Å². The van der Waals surface area contributed by atoms with Gasteiger partial charge in [0.1, 0.15) is 5.75 Å². The average Bonchev–Trinajstić information content (AvgIpc) is 2.35. The summed E-state index contributed by atoms with van der Waals surface area (Å²) >= 11 is 6.21. The maximum atomic E-state index is 12.4. The van der Waals surface area contributed by atoms with E-state index >= 15 is 0 Å². The Kier molecular flexibility index (Phi) is 5.17. The van der Waals surface area contributed by atoms with Gasteiger partial charge >= 0.3 is 0 Å². The highest BCUT2D eigenvalue weighted by atomic mass is 35.5. The molecule has 0 saturated carbocycles. The van der Waals surface area contributed by atoms with E-state index in [2.05, 4.69) is 5.32 Å². The molecule has 0 amide bonds. The van der Waals surface area contributed by atoms with Crippen molar-refractivity contribution in [1.82, 2.24) is 5.32 Å². The summed E-state index contributed by atoms with van der Waals surface area (Å²) in [6.45, 7) is 8.31. The first-order valence-electron chi connectivity index (χ1n) is 6.05. The van der Waals surface area contributed by atoms with E-state index in [0.29, 0.717) is 16.3 Å². The van der Waals surface area contributed by atoms with Gasteiger partial charge in [-0.15, -0.1) is 0 Å². The van der Waals surface area contributed by atoms with Gasteiger partial charge in [-0.25, -0.2) is 0 Å². The number of likely N-dealkylation sites (N-methyl/N-ethyl adjacent to an activating group) is 1. The standard InChI is InChI=1S/C14H20ClNO2/c1-6-16-10(4)14(17)12-9(3)13(15)8(2)7-11(12)18-5/h7,10,16H,6H2,1-5H3. The van der Waals surface area contributed by atoms with Gasteiger partial charge < -0.3 is 10.1 Å². The molecular weight excluding hydrogens is 250 g/mol. The normalized spacial score (nSPS) is 12.3. The summed E-state index contributed by atoms with van der Waals surface area (Å²) in [4.78, 5) is 12.4. The van der Waals surface area contributed by atoms with Crippen molar-refractivity contribution in [2.45, 2.75) is 33.7 Å². The summed E-state index contributed by atoms with van der Waals surface area (Å²) in [5.74, 6) is 0.595. The fourth-order valence-electron chi connectivity index (χ4n) is 2.01. The number of ether oxygens (including phenoxy) is 1. The number of carbonyl (C=O) groups excluding carboxylic acids is 1. The lowest BCUT2D eigenvalue weighted by atomic mass is 9.97. The molecule has 0 aliphatic heterocycles. The number of nitrogens with one attached hydrogen (secondary N) is 1. The van der Waals surface area contributed by atoms with Crippen LogP contribution in [0.25, 0.3) is 0 Å². The molecule has 1 unspecified atom stereocenters.